The molecule has 0 spiro atoms. The first-order chi connectivity index (χ1) is 30.1. The number of carboxylic acids is 4. The van der Waals surface area contributed by atoms with Crippen LogP contribution in [-0.4, -0.2) is 119 Å². The zero-order valence-corrected chi connectivity index (χ0v) is 34.5. The Morgan fingerprint density at radius 3 is 1.67 bits per heavy atom. The van der Waals surface area contributed by atoms with Gasteiger partial charge >= 0.3 is 29.5 Å². The summed E-state index contributed by atoms with van der Waals surface area (Å²) in [4.78, 5) is 127. The highest BCUT2D eigenvalue weighted by atomic mass is 16.4. The van der Waals surface area contributed by atoms with Crippen molar-refractivity contribution in [1.82, 2.24) is 26.6 Å². The molecule has 0 aliphatic rings. The first-order valence-electron chi connectivity index (χ1n) is 19.7. The van der Waals surface area contributed by atoms with Gasteiger partial charge in [-0.15, -0.1) is 0 Å². The number of hydrogen-bond donors (Lipinski definition) is 12. The molecule has 0 aliphatic heterocycles. The zero-order chi connectivity index (χ0) is 47.8. The van der Waals surface area contributed by atoms with Crippen molar-refractivity contribution in [3.05, 3.63) is 64.0 Å². The fourth-order valence-electron chi connectivity index (χ4n) is 6.28. The topological polar surface area (TPSA) is 386 Å². The number of carbonyl (C=O) groups is 9. The van der Waals surface area contributed by atoms with Gasteiger partial charge in [-0.1, -0.05) is 26.3 Å². The van der Waals surface area contributed by atoms with Gasteiger partial charge in [-0.05, 0) is 60.6 Å². The van der Waals surface area contributed by atoms with Gasteiger partial charge in [-0.2, -0.15) is 0 Å². The maximum Gasteiger partial charge on any atom is 0.336 e. The maximum absolute atomic E-state index is 14.0. The molecule has 1 heterocycles. The summed E-state index contributed by atoms with van der Waals surface area (Å²) in [5.41, 5.74) is -0.617. The van der Waals surface area contributed by atoms with Gasteiger partial charge in [0, 0.05) is 43.2 Å². The first kappa shape index (κ1) is 50.6. The summed E-state index contributed by atoms with van der Waals surface area (Å²) < 4.78 is 5.10. The van der Waals surface area contributed by atoms with Crippen LogP contribution in [0.25, 0.3) is 11.0 Å². The Morgan fingerprint density at radius 1 is 0.609 bits per heavy atom. The van der Waals surface area contributed by atoms with Gasteiger partial charge in [0.1, 0.15) is 41.5 Å². The van der Waals surface area contributed by atoms with E-state index >= 15 is 0 Å². The third-order valence-electron chi connectivity index (χ3n) is 9.91. The Labute approximate surface area is 362 Å². The van der Waals surface area contributed by atoms with E-state index in [9.17, 15) is 78.6 Å². The molecule has 0 unspecified atom stereocenters. The predicted octanol–water partition coefficient (Wildman–Crippen LogP) is -0.156. The summed E-state index contributed by atoms with van der Waals surface area (Å²) in [5, 5.41) is 79.1. The van der Waals surface area contributed by atoms with E-state index in [1.807, 2.05) is 0 Å². The number of nitrogens with one attached hydrogen (secondary N) is 5. The second-order valence-corrected chi connectivity index (χ2v) is 14.8. The van der Waals surface area contributed by atoms with Crippen molar-refractivity contribution in [2.24, 2.45) is 5.92 Å². The molecule has 346 valence electrons. The summed E-state index contributed by atoms with van der Waals surface area (Å²) >= 11 is 0. The van der Waals surface area contributed by atoms with Crippen molar-refractivity contribution in [3.8, 4) is 17.2 Å². The summed E-state index contributed by atoms with van der Waals surface area (Å²) in [6.45, 7) is 3.14. The number of aromatic hydroxyl groups is 3. The van der Waals surface area contributed by atoms with Crippen LogP contribution in [0.15, 0.2) is 51.7 Å². The van der Waals surface area contributed by atoms with Crippen molar-refractivity contribution >= 4 is 64.4 Å². The van der Waals surface area contributed by atoms with E-state index in [1.54, 1.807) is 6.92 Å². The zero-order valence-electron chi connectivity index (χ0n) is 34.5. The molecule has 0 aliphatic carbocycles. The van der Waals surface area contributed by atoms with E-state index in [2.05, 4.69) is 26.6 Å². The Hall–Kier alpha value is -7.72. The molecule has 3 rings (SSSR count). The lowest BCUT2D eigenvalue weighted by molar-refractivity contribution is -0.144. The second kappa shape index (κ2) is 23.5. The van der Waals surface area contributed by atoms with Crippen LogP contribution in [0.3, 0.4) is 0 Å². The monoisotopic (exact) mass is 899 g/mol. The molecule has 23 heteroatoms. The summed E-state index contributed by atoms with van der Waals surface area (Å²) in [6, 6.07) is -0.0201. The quantitative estimate of drug-likeness (QED) is 0.0388. The molecule has 0 radical (unpaired) electrons. The molecule has 64 heavy (non-hydrogen) atoms. The SMILES string of the molecule is CC[C@H](C)[C@H](NC(=O)[C@H](CCC(=O)O)NC(=O)[C@H](CCC(=O)O)NC(=O)[C@H](Cc1ccc(O)c(O)c1)NC(=O)Cc1cc(=O)oc2cc(O)ccc12)C(=O)N[C@@H](CCC(=O)O)C(=O)O. The summed E-state index contributed by atoms with van der Waals surface area (Å²) in [5.74, 6) is -13.1. The minimum atomic E-state index is -1.79. The second-order valence-electron chi connectivity index (χ2n) is 14.8. The van der Waals surface area contributed by atoms with Crippen LogP contribution in [-0.2, 0) is 56.0 Å². The van der Waals surface area contributed by atoms with E-state index in [0.717, 1.165) is 24.3 Å². The minimum absolute atomic E-state index is 0.0507. The lowest BCUT2D eigenvalue weighted by atomic mass is 9.96. The van der Waals surface area contributed by atoms with E-state index in [1.165, 1.54) is 25.1 Å². The fraction of sp³-hybridized carbons (Fsp3) is 0.415. The molecule has 1 aromatic heterocycles. The Kier molecular flexibility index (Phi) is 18.6. The van der Waals surface area contributed by atoms with E-state index in [-0.39, 0.29) is 34.3 Å². The average Bonchev–Trinajstić information content (AvgIpc) is 3.21. The Bertz CT molecular complexity index is 2310. The molecule has 2 aromatic carbocycles. The lowest BCUT2D eigenvalue weighted by Gasteiger charge is -2.28. The van der Waals surface area contributed by atoms with Gasteiger partial charge in [0.15, 0.2) is 11.5 Å². The Morgan fingerprint density at radius 2 is 1.14 bits per heavy atom. The molecular weight excluding hydrogens is 850 g/mol. The molecule has 6 atom stereocenters. The number of fused-ring (bicyclic) bond motifs is 1. The largest absolute Gasteiger partial charge is 0.508 e. The fourth-order valence-corrected chi connectivity index (χ4v) is 6.28. The number of phenols is 3. The van der Waals surface area contributed by atoms with Crippen molar-refractivity contribution < 1.29 is 83.3 Å². The molecule has 12 N–H and O–H groups in total. The molecule has 5 amide bonds. The highest BCUT2D eigenvalue weighted by Crippen LogP contribution is 2.26. The highest BCUT2D eigenvalue weighted by Gasteiger charge is 2.35. The third-order valence-corrected chi connectivity index (χ3v) is 9.91. The number of aliphatic carboxylic acids is 4. The van der Waals surface area contributed by atoms with E-state index in [4.69, 9.17) is 9.52 Å². The van der Waals surface area contributed by atoms with Crippen LogP contribution in [0.1, 0.15) is 69.9 Å². The number of benzene rings is 2. The van der Waals surface area contributed by atoms with Crippen LogP contribution in [0.2, 0.25) is 0 Å². The minimum Gasteiger partial charge on any atom is -0.508 e. The van der Waals surface area contributed by atoms with Gasteiger partial charge in [-0.3, -0.25) is 38.4 Å². The van der Waals surface area contributed by atoms with Crippen molar-refractivity contribution in [1.29, 1.82) is 0 Å². The normalized spacial score (nSPS) is 13.8. The number of phenolic OH excluding ortho intramolecular Hbond substituents is 3. The summed E-state index contributed by atoms with van der Waals surface area (Å²) in [7, 11) is 0. The maximum atomic E-state index is 14.0. The van der Waals surface area contributed by atoms with Crippen molar-refractivity contribution in [2.75, 3.05) is 0 Å². The number of amides is 5. The van der Waals surface area contributed by atoms with Gasteiger partial charge < -0.3 is 66.7 Å². The highest BCUT2D eigenvalue weighted by molar-refractivity contribution is 5.97. The van der Waals surface area contributed by atoms with Crippen molar-refractivity contribution in [3.63, 3.8) is 0 Å². The van der Waals surface area contributed by atoms with Crippen LogP contribution in [0.5, 0.6) is 17.2 Å². The molecule has 0 bridgehead atoms. The molecular formula is C41H49N5O18. The lowest BCUT2D eigenvalue weighted by Crippen LogP contribution is -2.60. The molecule has 3 aromatic rings. The first-order valence-corrected chi connectivity index (χ1v) is 19.7. The van der Waals surface area contributed by atoms with Crippen LogP contribution in [0, 0.1) is 5.92 Å². The molecule has 0 saturated heterocycles. The van der Waals surface area contributed by atoms with Gasteiger partial charge in [0.05, 0.1) is 6.42 Å². The van der Waals surface area contributed by atoms with Crippen LogP contribution >= 0.6 is 0 Å². The third kappa shape index (κ3) is 15.6. The predicted molar refractivity (Wildman–Crippen MR) is 219 cm³/mol. The molecule has 23 nitrogen and oxygen atoms in total. The smallest absolute Gasteiger partial charge is 0.336 e. The van der Waals surface area contributed by atoms with E-state index < -0.39 is 158 Å². The Balaban J connectivity index is 1.93. The number of rotatable bonds is 25. The number of carbonyl (C=O) groups excluding carboxylic acids is 5. The number of carboxylic acid groups (broad SMARTS) is 4. The van der Waals surface area contributed by atoms with Gasteiger partial charge in [-0.25, -0.2) is 9.59 Å². The van der Waals surface area contributed by atoms with E-state index in [0.29, 0.717) is 0 Å². The number of hydrogen-bond acceptors (Lipinski definition) is 14. The average molecular weight is 900 g/mol. The van der Waals surface area contributed by atoms with Crippen LogP contribution < -0.4 is 32.2 Å². The van der Waals surface area contributed by atoms with Crippen LogP contribution in [0.4, 0.5) is 0 Å². The summed E-state index contributed by atoms with van der Waals surface area (Å²) in [6.07, 6.45) is -4.53. The van der Waals surface area contributed by atoms with Gasteiger partial charge in [0.2, 0.25) is 29.5 Å². The molecule has 0 fully saturated rings. The molecule has 0 saturated carbocycles. The standard InChI is InChI=1S/C41H49N5O18/c1-3-19(2)36(40(61)45-26(41(62)63)9-13-34(55)56)46-38(59)25(8-12-33(53)54)43-37(58)24(7-11-32(51)52)44-39(60)27(14-20-4-10-28(48)29(49)15-20)42-31(50)16-21-17-35(57)64-30-18-22(47)5-6-23(21)30/h4-6,10,15,17-19,24-27,36,47-49H,3,7-9,11-14,16H2,1-2H3,(H,42,50)(H,43,58)(H,44,60)(H,45,61)(H,46,59)(H,51,52)(H,53,54)(H,55,56)(H,62,63)/t19-,24-,25-,26-,27-,36-/m0/s1. The van der Waals surface area contributed by atoms with Crippen molar-refractivity contribution in [2.45, 2.75) is 102 Å². The van der Waals surface area contributed by atoms with Gasteiger partial charge in [0.25, 0.3) is 0 Å².